The van der Waals surface area contributed by atoms with Crippen LogP contribution < -0.4 is 15.0 Å². The van der Waals surface area contributed by atoms with E-state index in [2.05, 4.69) is 20.2 Å². The van der Waals surface area contributed by atoms with Gasteiger partial charge in [0.25, 0.3) is 11.9 Å². The third-order valence-electron chi connectivity index (χ3n) is 4.61. The second-order valence-electron chi connectivity index (χ2n) is 6.22. The molecule has 1 aromatic carbocycles. The highest BCUT2D eigenvalue weighted by Gasteiger charge is 2.29. The van der Waals surface area contributed by atoms with Crippen molar-refractivity contribution in [2.75, 3.05) is 25.1 Å². The fraction of sp³-hybridized carbons (Fsp3) is 0.316. The number of hydrogen-bond donors (Lipinski definition) is 1. The Labute approximate surface area is 151 Å². The quantitative estimate of drug-likeness (QED) is 0.760. The van der Waals surface area contributed by atoms with Crippen molar-refractivity contribution >= 4 is 23.0 Å². The van der Waals surface area contributed by atoms with E-state index in [1.807, 2.05) is 24.3 Å². The van der Waals surface area contributed by atoms with Crippen LogP contribution in [0.2, 0.25) is 0 Å². The van der Waals surface area contributed by atoms with Gasteiger partial charge in [-0.1, -0.05) is 12.1 Å². The van der Waals surface area contributed by atoms with E-state index in [9.17, 15) is 4.79 Å². The minimum absolute atomic E-state index is 0.148. The molecule has 3 heterocycles. The number of nitrogens with zero attached hydrogens (tertiary/aromatic N) is 3. The summed E-state index contributed by atoms with van der Waals surface area (Å²) >= 11 is 0. The first-order valence-electron chi connectivity index (χ1n) is 8.65. The van der Waals surface area contributed by atoms with Crippen molar-refractivity contribution in [3.8, 4) is 5.88 Å². The van der Waals surface area contributed by atoms with Gasteiger partial charge in [0, 0.05) is 19.3 Å². The molecule has 1 fully saturated rings. The predicted molar refractivity (Wildman–Crippen MR) is 97.5 cm³/mol. The zero-order valence-corrected chi connectivity index (χ0v) is 14.5. The fourth-order valence-corrected chi connectivity index (χ4v) is 3.31. The largest absolute Gasteiger partial charge is 0.480 e. The molecule has 2 aromatic heterocycles. The van der Waals surface area contributed by atoms with Crippen LogP contribution in [0.25, 0.3) is 11.1 Å². The summed E-state index contributed by atoms with van der Waals surface area (Å²) in [5, 5.41) is 2.98. The number of ether oxygens (including phenoxy) is 1. The van der Waals surface area contributed by atoms with Crippen molar-refractivity contribution in [2.24, 2.45) is 0 Å². The lowest BCUT2D eigenvalue weighted by Gasteiger charge is -2.23. The molecule has 3 aromatic rings. The highest BCUT2D eigenvalue weighted by molar-refractivity contribution is 5.96. The number of oxazole rings is 1. The third-order valence-corrected chi connectivity index (χ3v) is 4.61. The van der Waals surface area contributed by atoms with Gasteiger partial charge < -0.3 is 19.4 Å². The van der Waals surface area contributed by atoms with Gasteiger partial charge in [0.05, 0.1) is 13.2 Å². The van der Waals surface area contributed by atoms with Crippen LogP contribution in [0.4, 0.5) is 6.01 Å². The van der Waals surface area contributed by atoms with E-state index in [1.54, 1.807) is 18.3 Å². The summed E-state index contributed by atoms with van der Waals surface area (Å²) in [5.74, 6) is 0.131. The Morgan fingerprint density at radius 2 is 2.23 bits per heavy atom. The number of fused-ring (bicyclic) bond motifs is 1. The highest BCUT2D eigenvalue weighted by atomic mass is 16.5. The molecule has 0 aliphatic carbocycles. The molecule has 7 nitrogen and oxygen atoms in total. The number of hydrogen-bond acceptors (Lipinski definition) is 6. The Kier molecular flexibility index (Phi) is 4.43. The Morgan fingerprint density at radius 3 is 3.08 bits per heavy atom. The van der Waals surface area contributed by atoms with Crippen LogP contribution in [0.1, 0.15) is 23.2 Å². The van der Waals surface area contributed by atoms with Crippen molar-refractivity contribution < 1.29 is 13.9 Å². The van der Waals surface area contributed by atoms with Gasteiger partial charge in [-0.2, -0.15) is 4.98 Å². The summed E-state index contributed by atoms with van der Waals surface area (Å²) in [7, 11) is 1.51. The number of anilines is 1. The second kappa shape index (κ2) is 7.03. The number of aromatic nitrogens is 2. The summed E-state index contributed by atoms with van der Waals surface area (Å²) in [6.07, 6.45) is 3.61. The van der Waals surface area contributed by atoms with E-state index >= 15 is 0 Å². The maximum atomic E-state index is 12.5. The maximum Gasteiger partial charge on any atom is 0.298 e. The minimum atomic E-state index is -0.195. The van der Waals surface area contributed by atoms with Crippen molar-refractivity contribution in [1.29, 1.82) is 0 Å². The first-order chi connectivity index (χ1) is 12.8. The number of pyridine rings is 1. The average molecular weight is 352 g/mol. The maximum absolute atomic E-state index is 12.5. The van der Waals surface area contributed by atoms with Gasteiger partial charge in [-0.25, -0.2) is 4.98 Å². The van der Waals surface area contributed by atoms with E-state index in [1.165, 1.54) is 7.11 Å². The van der Waals surface area contributed by atoms with Crippen molar-refractivity contribution in [3.63, 3.8) is 0 Å². The zero-order chi connectivity index (χ0) is 17.9. The molecule has 26 heavy (non-hydrogen) atoms. The number of amides is 1. The molecule has 0 radical (unpaired) electrons. The standard InChI is InChI=1S/C19H20N4O3/c1-25-18-14(7-4-10-20-18)17(24)21-12-13-6-5-11-23(13)19-22-15-8-2-3-9-16(15)26-19/h2-4,7-10,13H,5-6,11-12H2,1H3,(H,21,24)/t13-/m1/s1. The average Bonchev–Trinajstić information content (AvgIpc) is 3.32. The summed E-state index contributed by atoms with van der Waals surface area (Å²) in [5.41, 5.74) is 2.05. The molecule has 0 spiro atoms. The lowest BCUT2D eigenvalue weighted by Crippen LogP contribution is -2.40. The highest BCUT2D eigenvalue weighted by Crippen LogP contribution is 2.28. The Morgan fingerprint density at radius 1 is 1.35 bits per heavy atom. The van der Waals surface area contributed by atoms with Gasteiger partial charge in [0.15, 0.2) is 5.58 Å². The summed E-state index contributed by atoms with van der Waals surface area (Å²) in [4.78, 5) is 23.2. The van der Waals surface area contributed by atoms with E-state index in [0.717, 1.165) is 30.5 Å². The second-order valence-corrected chi connectivity index (χ2v) is 6.22. The van der Waals surface area contributed by atoms with Crippen molar-refractivity contribution in [3.05, 3.63) is 48.2 Å². The number of nitrogens with one attached hydrogen (secondary N) is 1. The van der Waals surface area contributed by atoms with Crippen LogP contribution in [-0.2, 0) is 0 Å². The predicted octanol–water partition coefficient (Wildman–Crippen LogP) is 2.63. The molecule has 1 amide bonds. The number of carbonyl (C=O) groups excluding carboxylic acids is 1. The van der Waals surface area contributed by atoms with Crippen LogP contribution in [0.5, 0.6) is 5.88 Å². The molecule has 1 aliphatic rings. The molecule has 1 aliphatic heterocycles. The molecule has 134 valence electrons. The smallest absolute Gasteiger partial charge is 0.298 e. The lowest BCUT2D eigenvalue weighted by molar-refractivity contribution is 0.0947. The molecule has 1 atom stereocenters. The Hall–Kier alpha value is -3.09. The molecule has 7 heteroatoms. The molecule has 1 N–H and O–H groups in total. The molecule has 1 saturated heterocycles. The van der Waals surface area contributed by atoms with Crippen LogP contribution in [0.15, 0.2) is 47.0 Å². The summed E-state index contributed by atoms with van der Waals surface area (Å²) in [6, 6.07) is 11.9. The van der Waals surface area contributed by atoms with E-state index in [-0.39, 0.29) is 11.9 Å². The van der Waals surface area contributed by atoms with Gasteiger partial charge >= 0.3 is 0 Å². The Balaban J connectivity index is 1.46. The first-order valence-corrected chi connectivity index (χ1v) is 8.65. The lowest BCUT2D eigenvalue weighted by atomic mass is 10.2. The summed E-state index contributed by atoms with van der Waals surface area (Å²) in [6.45, 7) is 1.37. The third kappa shape index (κ3) is 3.08. The fourth-order valence-electron chi connectivity index (χ4n) is 3.31. The van der Waals surface area contributed by atoms with Crippen molar-refractivity contribution in [1.82, 2.24) is 15.3 Å². The van der Waals surface area contributed by atoms with Crippen molar-refractivity contribution in [2.45, 2.75) is 18.9 Å². The SMILES string of the molecule is COc1ncccc1C(=O)NC[C@H]1CCCN1c1nc2ccccc2o1. The number of rotatable bonds is 5. The first kappa shape index (κ1) is 16.4. The van der Waals surface area contributed by atoms with Crippen LogP contribution in [-0.4, -0.2) is 42.1 Å². The monoisotopic (exact) mass is 352 g/mol. The number of carbonyl (C=O) groups is 1. The molecular formula is C19H20N4O3. The van der Waals surface area contributed by atoms with Gasteiger partial charge in [-0.3, -0.25) is 4.79 Å². The van der Waals surface area contributed by atoms with Gasteiger partial charge in [-0.05, 0) is 37.1 Å². The molecule has 0 saturated carbocycles. The van der Waals surface area contributed by atoms with Gasteiger partial charge in [0.1, 0.15) is 11.1 Å². The molecule has 4 rings (SSSR count). The normalized spacial score (nSPS) is 16.8. The van der Waals surface area contributed by atoms with Crippen LogP contribution in [0, 0.1) is 0 Å². The van der Waals surface area contributed by atoms with E-state index < -0.39 is 0 Å². The molecule has 0 unspecified atom stereocenters. The molecule has 0 bridgehead atoms. The van der Waals surface area contributed by atoms with Gasteiger partial charge in [-0.15, -0.1) is 0 Å². The van der Waals surface area contributed by atoms with Crippen LogP contribution >= 0.6 is 0 Å². The number of methoxy groups -OCH3 is 1. The van der Waals surface area contributed by atoms with E-state index in [0.29, 0.717) is 24.0 Å². The number of benzene rings is 1. The number of para-hydroxylation sites is 2. The topological polar surface area (TPSA) is 80.5 Å². The Bertz CT molecular complexity index is 891. The van der Waals surface area contributed by atoms with E-state index in [4.69, 9.17) is 9.15 Å². The van der Waals surface area contributed by atoms with Gasteiger partial charge in [0.2, 0.25) is 5.88 Å². The minimum Gasteiger partial charge on any atom is -0.480 e. The summed E-state index contributed by atoms with van der Waals surface area (Å²) < 4.78 is 11.0. The zero-order valence-electron chi connectivity index (χ0n) is 14.5. The van der Waals surface area contributed by atoms with Crippen LogP contribution in [0.3, 0.4) is 0 Å². The molecular weight excluding hydrogens is 332 g/mol.